The molecule has 1 aromatic rings. The van der Waals surface area contributed by atoms with Crippen molar-refractivity contribution in [3.05, 3.63) is 28.4 Å². The summed E-state index contributed by atoms with van der Waals surface area (Å²) >= 11 is 0. The standard InChI is InChI=1S/C16H25N2.Mo/c1-11-10-12(2)17-16(13(11)3)18-14(4)15-8-6-5-7-9-15;/h14-15H,5-9H2,1-4H3,(H,17,18);/q-1;/t14-;/m1./s1. The Labute approximate surface area is 131 Å². The topological polar surface area (TPSA) is 28.1 Å². The van der Waals surface area contributed by atoms with E-state index in [-0.39, 0.29) is 21.1 Å². The van der Waals surface area contributed by atoms with E-state index in [4.69, 9.17) is 4.99 Å². The molecule has 3 heteroatoms. The van der Waals surface area contributed by atoms with Crippen LogP contribution in [0.1, 0.15) is 55.8 Å². The van der Waals surface area contributed by atoms with Crippen LogP contribution in [0.4, 0.5) is 0 Å². The normalized spacial score (nSPS) is 19.1. The number of pyridine rings is 1. The minimum atomic E-state index is 0. The maximum atomic E-state index is 4.93. The molecule has 1 N–H and O–H groups in total. The van der Waals surface area contributed by atoms with Gasteiger partial charge in [0.2, 0.25) is 0 Å². The Morgan fingerprint density at radius 2 is 1.79 bits per heavy atom. The van der Waals surface area contributed by atoms with Crippen LogP contribution < -0.4 is 5.49 Å². The molecule has 1 fully saturated rings. The molecular weight excluding hydrogens is 316 g/mol. The summed E-state index contributed by atoms with van der Waals surface area (Å²) in [6, 6.07) is 3.75. The molecule has 0 aromatic carbocycles. The maximum Gasteiger partial charge on any atom is 0.0505 e. The molecule has 19 heavy (non-hydrogen) atoms. The predicted molar refractivity (Wildman–Crippen MR) is 75.4 cm³/mol. The van der Waals surface area contributed by atoms with Crippen molar-refractivity contribution in [2.24, 2.45) is 10.9 Å². The van der Waals surface area contributed by atoms with Gasteiger partial charge in [-0.05, 0) is 32.6 Å². The van der Waals surface area contributed by atoms with Gasteiger partial charge in [-0.25, -0.2) is 11.6 Å². The van der Waals surface area contributed by atoms with Gasteiger partial charge in [0.15, 0.2) is 0 Å². The van der Waals surface area contributed by atoms with Gasteiger partial charge in [0.05, 0.1) is 6.04 Å². The van der Waals surface area contributed by atoms with Crippen LogP contribution in [0.15, 0.2) is 4.99 Å². The fourth-order valence-electron chi connectivity index (χ4n) is 2.91. The van der Waals surface area contributed by atoms with Gasteiger partial charge in [-0.15, -0.1) is 6.92 Å². The van der Waals surface area contributed by atoms with Crippen LogP contribution in [0.5, 0.6) is 0 Å². The molecule has 1 aliphatic rings. The van der Waals surface area contributed by atoms with Crippen LogP contribution >= 0.6 is 0 Å². The van der Waals surface area contributed by atoms with E-state index in [0.29, 0.717) is 6.04 Å². The third-order valence-corrected chi connectivity index (χ3v) is 4.26. The van der Waals surface area contributed by atoms with Gasteiger partial charge in [0.25, 0.3) is 0 Å². The minimum absolute atomic E-state index is 0. The largest absolute Gasteiger partial charge is 0.377 e. The average Bonchev–Trinajstić information content (AvgIpc) is 2.36. The number of H-pyrrole nitrogens is 1. The van der Waals surface area contributed by atoms with Gasteiger partial charge in [-0.3, -0.25) is 4.99 Å². The second kappa shape index (κ2) is 7.43. The summed E-state index contributed by atoms with van der Waals surface area (Å²) in [7, 11) is 0. The zero-order valence-electron chi connectivity index (χ0n) is 12.5. The summed E-state index contributed by atoms with van der Waals surface area (Å²) in [6.45, 7) is 8.57. The molecule has 0 radical (unpaired) electrons. The Bertz CT molecular complexity index is 470. The quantitative estimate of drug-likeness (QED) is 0.629. The summed E-state index contributed by atoms with van der Waals surface area (Å²) in [5.74, 6) is 0.774. The Balaban J connectivity index is 0.00000180. The van der Waals surface area contributed by atoms with Crippen molar-refractivity contribution in [2.45, 2.75) is 65.8 Å². The number of hydrogen-bond donors (Lipinski definition) is 1. The molecule has 1 aliphatic carbocycles. The molecule has 0 unspecified atom stereocenters. The molecule has 0 bridgehead atoms. The number of aromatic amines is 1. The van der Waals surface area contributed by atoms with Crippen LogP contribution in [0.3, 0.4) is 0 Å². The first-order valence-corrected chi connectivity index (χ1v) is 7.21. The van der Waals surface area contributed by atoms with E-state index in [1.165, 1.54) is 43.2 Å². The number of aromatic nitrogens is 1. The maximum absolute atomic E-state index is 4.93. The third kappa shape index (κ3) is 4.31. The number of nitrogens with one attached hydrogen (secondary N) is 1. The molecule has 1 saturated carbocycles. The molecule has 2 nitrogen and oxygen atoms in total. The van der Waals surface area contributed by atoms with E-state index in [1.807, 2.05) is 0 Å². The van der Waals surface area contributed by atoms with Crippen LogP contribution in [-0.4, -0.2) is 11.0 Å². The monoisotopic (exact) mass is 343 g/mol. The van der Waals surface area contributed by atoms with Gasteiger partial charge in [-0.2, -0.15) is 5.56 Å². The number of rotatable bonds is 2. The molecule has 2 rings (SSSR count). The minimum Gasteiger partial charge on any atom is -0.377 e. The molecule has 1 aromatic heterocycles. The Morgan fingerprint density at radius 3 is 2.42 bits per heavy atom. The molecule has 0 saturated heterocycles. The number of aryl methyl sites for hydroxylation is 2. The van der Waals surface area contributed by atoms with Crippen molar-refractivity contribution in [3.63, 3.8) is 0 Å². The van der Waals surface area contributed by atoms with Crippen molar-refractivity contribution in [3.8, 4) is 0 Å². The van der Waals surface area contributed by atoms with Crippen molar-refractivity contribution in [2.75, 3.05) is 0 Å². The first-order chi connectivity index (χ1) is 8.58. The van der Waals surface area contributed by atoms with Crippen molar-refractivity contribution < 1.29 is 21.1 Å². The van der Waals surface area contributed by atoms with Crippen LogP contribution in [0.25, 0.3) is 0 Å². The summed E-state index contributed by atoms with van der Waals surface area (Å²) in [4.78, 5) is 8.29. The van der Waals surface area contributed by atoms with Crippen LogP contribution in [0, 0.1) is 32.8 Å². The van der Waals surface area contributed by atoms with E-state index in [2.05, 4.69) is 38.7 Å². The molecule has 0 spiro atoms. The smallest absolute Gasteiger partial charge is 0.0505 e. The zero-order valence-corrected chi connectivity index (χ0v) is 14.6. The van der Waals surface area contributed by atoms with Gasteiger partial charge in [0.1, 0.15) is 0 Å². The summed E-state index contributed by atoms with van der Waals surface area (Å²) < 4.78 is 0. The number of hydrogen-bond acceptors (Lipinski definition) is 1. The summed E-state index contributed by atoms with van der Waals surface area (Å²) in [6.07, 6.45) is 6.87. The second-order valence-electron chi connectivity index (χ2n) is 5.74. The van der Waals surface area contributed by atoms with Gasteiger partial charge >= 0.3 is 0 Å². The summed E-state index contributed by atoms with van der Waals surface area (Å²) in [5.41, 5.74) is 4.58. The van der Waals surface area contributed by atoms with E-state index < -0.39 is 0 Å². The average molecular weight is 341 g/mol. The van der Waals surface area contributed by atoms with Gasteiger partial charge in [0, 0.05) is 26.6 Å². The van der Waals surface area contributed by atoms with Gasteiger partial charge < -0.3 is 4.98 Å². The molecular formula is C16H25MoN2-. The molecule has 0 aliphatic heterocycles. The predicted octanol–water partition coefficient (Wildman–Crippen LogP) is 3.61. The summed E-state index contributed by atoms with van der Waals surface area (Å²) in [5, 5.41) is 0. The van der Waals surface area contributed by atoms with Crippen molar-refractivity contribution in [1.29, 1.82) is 0 Å². The first kappa shape index (κ1) is 16.7. The van der Waals surface area contributed by atoms with Crippen LogP contribution in [-0.2, 0) is 21.1 Å². The Kier molecular flexibility index (Phi) is 6.53. The Hall–Kier alpha value is -0.362. The van der Waals surface area contributed by atoms with E-state index >= 15 is 0 Å². The molecule has 106 valence electrons. The van der Waals surface area contributed by atoms with E-state index in [1.54, 1.807) is 0 Å². The van der Waals surface area contributed by atoms with Crippen LogP contribution in [0.2, 0.25) is 0 Å². The Morgan fingerprint density at radius 1 is 1.16 bits per heavy atom. The zero-order chi connectivity index (χ0) is 13.1. The first-order valence-electron chi connectivity index (χ1n) is 7.21. The fraction of sp³-hybridized carbons (Fsp3) is 0.688. The van der Waals surface area contributed by atoms with Crippen molar-refractivity contribution in [1.82, 2.24) is 4.98 Å². The SMILES string of the molecule is Cc1[c-]c(C)c(C)c(=N[C@H](C)C2CCCCC2)[nH]1.[Mo]. The fourth-order valence-corrected chi connectivity index (χ4v) is 2.91. The molecule has 1 heterocycles. The molecule has 0 amide bonds. The second-order valence-corrected chi connectivity index (χ2v) is 5.74. The van der Waals surface area contributed by atoms with E-state index in [0.717, 1.165) is 17.1 Å². The third-order valence-electron chi connectivity index (χ3n) is 4.26. The van der Waals surface area contributed by atoms with Gasteiger partial charge in [-0.1, -0.05) is 31.9 Å². The number of nitrogens with zero attached hydrogens (tertiary/aromatic N) is 1. The van der Waals surface area contributed by atoms with E-state index in [9.17, 15) is 0 Å². The molecule has 1 atom stereocenters. The van der Waals surface area contributed by atoms with Crippen molar-refractivity contribution >= 4 is 0 Å².